The Kier molecular flexibility index (Phi) is 7.46. The maximum atomic E-state index is 12.9. The van der Waals surface area contributed by atoms with Crippen LogP contribution in [-0.2, 0) is 0 Å². The van der Waals surface area contributed by atoms with Gasteiger partial charge in [0.05, 0.1) is 16.1 Å². The fourth-order valence-corrected chi connectivity index (χ4v) is 5.95. The highest BCUT2D eigenvalue weighted by atomic mass is 35.5. The van der Waals surface area contributed by atoms with Crippen LogP contribution in [0.25, 0.3) is 22.2 Å². The molecule has 1 heterocycles. The Labute approximate surface area is 212 Å². The van der Waals surface area contributed by atoms with E-state index in [-0.39, 0.29) is 24.2 Å². The van der Waals surface area contributed by atoms with E-state index in [1.165, 1.54) is 29.6 Å². The average molecular weight is 517 g/mol. The number of alkyl halides is 2. The van der Waals surface area contributed by atoms with E-state index in [0.717, 1.165) is 23.7 Å². The summed E-state index contributed by atoms with van der Waals surface area (Å²) in [6.45, 7) is -2.87. The van der Waals surface area contributed by atoms with Crippen LogP contribution in [0.5, 0.6) is 5.75 Å². The Balaban J connectivity index is 1.41. The summed E-state index contributed by atoms with van der Waals surface area (Å²) in [6.07, 6.45) is 10.9. The Bertz CT molecular complexity index is 1260. The minimum Gasteiger partial charge on any atom is -0.434 e. The molecule has 2 N–H and O–H groups in total. The van der Waals surface area contributed by atoms with Crippen molar-refractivity contribution in [1.29, 1.82) is 0 Å². The molecule has 1 saturated carbocycles. The molecule has 2 aliphatic rings. The smallest absolute Gasteiger partial charge is 0.387 e. The van der Waals surface area contributed by atoms with Gasteiger partial charge in [0, 0.05) is 34.3 Å². The largest absolute Gasteiger partial charge is 0.434 e. The molecule has 4 nitrogen and oxygen atoms in total. The summed E-state index contributed by atoms with van der Waals surface area (Å²) in [5, 5.41) is 10.2. The van der Waals surface area contributed by atoms with Crippen molar-refractivity contribution >= 4 is 34.4 Å². The highest BCUT2D eigenvalue weighted by Crippen LogP contribution is 2.41. The molecule has 0 aliphatic heterocycles. The number of thioether (sulfide) groups is 1. The number of ether oxygens (including phenoxy) is 1. The van der Waals surface area contributed by atoms with Crippen molar-refractivity contribution in [2.45, 2.75) is 38.2 Å². The summed E-state index contributed by atoms with van der Waals surface area (Å²) in [6, 6.07) is 10.1. The molecule has 2 atom stereocenters. The molecule has 0 spiro atoms. The molecular formula is C27H27ClF2N2O2S. The van der Waals surface area contributed by atoms with E-state index in [1.807, 2.05) is 11.8 Å². The number of imidazole rings is 1. The molecular weight excluding hydrogens is 490 g/mol. The number of benzene rings is 2. The molecule has 1 aromatic heterocycles. The molecule has 2 unspecified atom stereocenters. The number of hydrogen-bond donors (Lipinski definition) is 2. The number of allylic oxidation sites excluding steroid dienone is 3. The third-order valence-corrected chi connectivity index (χ3v) is 8.16. The lowest BCUT2D eigenvalue weighted by atomic mass is 9.84. The highest BCUT2D eigenvalue weighted by Gasteiger charge is 2.26. The van der Waals surface area contributed by atoms with Gasteiger partial charge in [-0.1, -0.05) is 48.0 Å². The van der Waals surface area contributed by atoms with E-state index < -0.39 is 6.61 Å². The van der Waals surface area contributed by atoms with Gasteiger partial charge in [-0.05, 0) is 55.7 Å². The van der Waals surface area contributed by atoms with Crippen molar-refractivity contribution in [3.63, 3.8) is 0 Å². The van der Waals surface area contributed by atoms with Crippen LogP contribution in [0.15, 0.2) is 59.5 Å². The molecule has 0 bridgehead atoms. The Morgan fingerprint density at radius 3 is 2.74 bits per heavy atom. The van der Waals surface area contributed by atoms with Gasteiger partial charge in [-0.2, -0.15) is 8.78 Å². The van der Waals surface area contributed by atoms with E-state index in [0.29, 0.717) is 28.1 Å². The van der Waals surface area contributed by atoms with Gasteiger partial charge in [0.15, 0.2) is 0 Å². The Morgan fingerprint density at radius 1 is 1.20 bits per heavy atom. The normalized spacial score (nSPS) is 18.8. The second kappa shape index (κ2) is 10.7. The molecule has 3 aromatic rings. The van der Waals surface area contributed by atoms with Gasteiger partial charge in [0.25, 0.3) is 0 Å². The van der Waals surface area contributed by atoms with E-state index >= 15 is 0 Å². The molecule has 35 heavy (non-hydrogen) atoms. The predicted octanol–water partition coefficient (Wildman–Crippen LogP) is 7.55. The lowest BCUT2D eigenvalue weighted by molar-refractivity contribution is -0.0494. The van der Waals surface area contributed by atoms with Crippen molar-refractivity contribution in [1.82, 2.24) is 9.97 Å². The van der Waals surface area contributed by atoms with Crippen LogP contribution in [0.3, 0.4) is 0 Å². The van der Waals surface area contributed by atoms with Gasteiger partial charge < -0.3 is 14.8 Å². The van der Waals surface area contributed by atoms with Crippen LogP contribution in [-0.4, -0.2) is 34.0 Å². The SMILES string of the molecule is OCCC(c1nc2cc(-c3ccccc3OC(F)F)c(Cl)cc2[nH]1)C1C=CC(SCC2CC2)=CC1. The Morgan fingerprint density at radius 2 is 2.03 bits per heavy atom. The zero-order valence-electron chi connectivity index (χ0n) is 19.1. The van der Waals surface area contributed by atoms with E-state index in [9.17, 15) is 13.9 Å². The van der Waals surface area contributed by atoms with Gasteiger partial charge in [-0.25, -0.2) is 4.98 Å². The number of aliphatic hydroxyl groups is 1. The van der Waals surface area contributed by atoms with Gasteiger partial charge in [0.1, 0.15) is 11.6 Å². The molecule has 0 amide bonds. The maximum Gasteiger partial charge on any atom is 0.387 e. The number of hydrogen-bond acceptors (Lipinski definition) is 4. The lowest BCUT2D eigenvalue weighted by Crippen LogP contribution is -2.15. The summed E-state index contributed by atoms with van der Waals surface area (Å²) in [5.74, 6) is 3.17. The zero-order valence-corrected chi connectivity index (χ0v) is 20.7. The molecule has 1 fully saturated rings. The first-order valence-corrected chi connectivity index (χ1v) is 13.2. The third-order valence-electron chi connectivity index (χ3n) is 6.57. The second-order valence-electron chi connectivity index (χ2n) is 9.08. The maximum absolute atomic E-state index is 12.9. The van der Waals surface area contributed by atoms with E-state index in [1.54, 1.807) is 30.3 Å². The van der Waals surface area contributed by atoms with Gasteiger partial charge in [-0.3, -0.25) is 0 Å². The van der Waals surface area contributed by atoms with Crippen molar-refractivity contribution in [3.8, 4) is 16.9 Å². The number of H-pyrrole nitrogens is 1. The van der Waals surface area contributed by atoms with Crippen LogP contribution in [0.2, 0.25) is 5.02 Å². The predicted molar refractivity (Wildman–Crippen MR) is 138 cm³/mol. The highest BCUT2D eigenvalue weighted by molar-refractivity contribution is 8.03. The molecule has 184 valence electrons. The number of nitrogens with one attached hydrogen (secondary N) is 1. The first-order chi connectivity index (χ1) is 17.0. The zero-order chi connectivity index (χ0) is 24.4. The number of para-hydroxylation sites is 1. The summed E-state index contributed by atoms with van der Waals surface area (Å²) in [4.78, 5) is 9.54. The standard InChI is InChI=1S/C27H27ClF2N2O2S/c28-22-14-24-23(13-21(22)20-3-1-2-4-25(20)34-27(29)30)31-26(32-24)19(11-12-33)17-7-9-18(10-8-17)35-15-16-5-6-16/h1-4,7,9-10,13-14,16-17,19,27,33H,5-6,8,11-12,15H2,(H,31,32). The van der Waals surface area contributed by atoms with Gasteiger partial charge >= 0.3 is 6.61 Å². The lowest BCUT2D eigenvalue weighted by Gasteiger charge is -2.24. The summed E-state index contributed by atoms with van der Waals surface area (Å²) < 4.78 is 30.5. The first kappa shape index (κ1) is 24.3. The topological polar surface area (TPSA) is 58.1 Å². The first-order valence-electron chi connectivity index (χ1n) is 11.9. The minimum absolute atomic E-state index is 0.0200. The Hall–Kier alpha value is -2.35. The van der Waals surface area contributed by atoms with Crippen LogP contribution in [0, 0.1) is 11.8 Å². The summed E-state index contributed by atoms with van der Waals surface area (Å²) in [5.41, 5.74) is 2.50. The minimum atomic E-state index is -2.93. The van der Waals surface area contributed by atoms with Crippen molar-refractivity contribution in [3.05, 3.63) is 70.4 Å². The molecule has 0 saturated heterocycles. The number of rotatable bonds is 10. The summed E-state index contributed by atoms with van der Waals surface area (Å²) in [7, 11) is 0. The second-order valence-corrected chi connectivity index (χ2v) is 10.6. The third kappa shape index (κ3) is 5.74. The van der Waals surface area contributed by atoms with Crippen molar-refractivity contribution < 1.29 is 18.6 Å². The fourth-order valence-electron chi connectivity index (χ4n) is 4.53. The van der Waals surface area contributed by atoms with Gasteiger partial charge in [0.2, 0.25) is 0 Å². The molecule has 5 rings (SSSR count). The molecule has 2 aliphatic carbocycles. The number of aromatic nitrogens is 2. The van der Waals surface area contributed by atoms with Crippen LogP contribution >= 0.6 is 23.4 Å². The van der Waals surface area contributed by atoms with Crippen LogP contribution in [0.1, 0.15) is 37.4 Å². The number of fused-ring (bicyclic) bond motifs is 1. The quantitative estimate of drug-likeness (QED) is 0.292. The summed E-state index contributed by atoms with van der Waals surface area (Å²) >= 11 is 8.50. The molecule has 2 aromatic carbocycles. The average Bonchev–Trinajstić information content (AvgIpc) is 3.59. The van der Waals surface area contributed by atoms with Crippen molar-refractivity contribution in [2.75, 3.05) is 12.4 Å². The van der Waals surface area contributed by atoms with Gasteiger partial charge in [-0.15, -0.1) is 11.8 Å². The number of aromatic amines is 1. The number of nitrogens with zero attached hydrogens (tertiary/aromatic N) is 1. The van der Waals surface area contributed by atoms with Crippen LogP contribution < -0.4 is 4.74 Å². The van der Waals surface area contributed by atoms with Crippen molar-refractivity contribution in [2.24, 2.45) is 11.8 Å². The van der Waals surface area contributed by atoms with Crippen LogP contribution in [0.4, 0.5) is 8.78 Å². The number of halogens is 3. The molecule has 0 radical (unpaired) electrons. The van der Waals surface area contributed by atoms with E-state index in [2.05, 4.69) is 23.2 Å². The fraction of sp³-hybridized carbons (Fsp3) is 0.370. The number of aliphatic hydroxyl groups excluding tert-OH is 1. The van der Waals surface area contributed by atoms with E-state index in [4.69, 9.17) is 21.3 Å². The molecule has 8 heteroatoms. The monoisotopic (exact) mass is 516 g/mol.